The lowest BCUT2D eigenvalue weighted by Gasteiger charge is -2.24. The van der Waals surface area contributed by atoms with E-state index in [9.17, 15) is 35.9 Å². The molecule has 0 fully saturated rings. The Kier molecular flexibility index (Phi) is 2.75. The summed E-state index contributed by atoms with van der Waals surface area (Å²) in [6.07, 6.45) is -1.14. The van der Waals surface area contributed by atoms with Crippen LogP contribution in [0, 0.1) is 0 Å². The van der Waals surface area contributed by atoms with E-state index in [1.165, 1.54) is 0 Å². The van der Waals surface area contributed by atoms with Crippen molar-refractivity contribution in [2.75, 3.05) is 0 Å². The summed E-state index contributed by atoms with van der Waals surface area (Å²) in [6, 6.07) is 0. The Morgan fingerprint density at radius 1 is 0.692 bits per heavy atom. The molecule has 0 aliphatic heterocycles. The maximum atomic E-state index is 12.0. The highest BCUT2D eigenvalue weighted by molar-refractivity contribution is 5.69. The third kappa shape index (κ3) is 1.65. The molecule has 0 aliphatic rings. The van der Waals surface area contributed by atoms with Gasteiger partial charge in [-0.3, -0.25) is 9.59 Å². The van der Waals surface area contributed by atoms with Crippen LogP contribution in [0.15, 0.2) is 0 Å². The van der Waals surface area contributed by atoms with Crippen LogP contribution in [0.5, 0.6) is 0 Å². The first kappa shape index (κ1) is 11.9. The molecule has 0 saturated carbocycles. The summed E-state index contributed by atoms with van der Waals surface area (Å²) in [4.78, 5) is 18.4. The molecule has 8 heteroatoms. The van der Waals surface area contributed by atoms with E-state index in [-0.39, 0.29) is 0 Å². The van der Waals surface area contributed by atoms with Crippen LogP contribution in [0.3, 0.4) is 0 Å². The molecule has 13 heavy (non-hydrogen) atoms. The van der Waals surface area contributed by atoms with Gasteiger partial charge in [-0.15, -0.1) is 0 Å². The average Bonchev–Trinajstić information content (AvgIpc) is 2.03. The number of hydrogen-bond donors (Lipinski definition) is 0. The molecule has 0 saturated heterocycles. The van der Waals surface area contributed by atoms with Crippen LogP contribution in [-0.4, -0.2) is 30.3 Å². The Morgan fingerprint density at radius 3 is 1.08 bits per heavy atom. The van der Waals surface area contributed by atoms with Crippen LogP contribution in [0.2, 0.25) is 0 Å². The zero-order valence-corrected chi connectivity index (χ0v) is 5.58. The minimum Gasteiger partial charge on any atom is -0.283 e. The van der Waals surface area contributed by atoms with Gasteiger partial charge in [0.05, 0.1) is 0 Å². The number of hydrogen-bond acceptors (Lipinski definition) is 2. The third-order valence-electron chi connectivity index (χ3n) is 1.05. The maximum Gasteiger partial charge on any atom is 0.387 e. The van der Waals surface area contributed by atoms with Gasteiger partial charge in [0.1, 0.15) is 0 Å². The molecule has 0 amide bonds. The molecule has 0 aliphatic carbocycles. The fourth-order valence-corrected chi connectivity index (χ4v) is 0.325. The van der Waals surface area contributed by atoms with E-state index in [4.69, 9.17) is 0 Å². The standard InChI is InChI=1S/C5F6O2/c6-3(7,1-12)5(10,11)4(8,9)2-13. The normalized spacial score (nSPS) is 14.0. The van der Waals surface area contributed by atoms with E-state index in [1.807, 2.05) is 0 Å². The van der Waals surface area contributed by atoms with Crippen molar-refractivity contribution in [3.8, 4) is 0 Å². The highest BCUT2D eigenvalue weighted by Gasteiger charge is 2.73. The molecule has 0 unspecified atom stereocenters. The summed E-state index contributed by atoms with van der Waals surface area (Å²) in [5.74, 6) is -17.6. The molecule has 2 nitrogen and oxygen atoms in total. The van der Waals surface area contributed by atoms with Crippen LogP contribution in [0.25, 0.3) is 0 Å². The molecular weight excluding hydrogens is 206 g/mol. The van der Waals surface area contributed by atoms with Crippen molar-refractivity contribution in [3.05, 3.63) is 0 Å². The van der Waals surface area contributed by atoms with Crippen molar-refractivity contribution in [2.24, 2.45) is 0 Å². The zero-order valence-electron chi connectivity index (χ0n) is 5.58. The molecule has 0 atom stereocenters. The second kappa shape index (κ2) is 3.00. The van der Waals surface area contributed by atoms with Crippen LogP contribution < -0.4 is 0 Å². The van der Waals surface area contributed by atoms with Gasteiger partial charge in [-0.05, 0) is 0 Å². The largest absolute Gasteiger partial charge is 0.387 e. The van der Waals surface area contributed by atoms with Gasteiger partial charge in [0.25, 0.3) is 12.6 Å². The molecule has 0 N–H and O–H groups in total. The van der Waals surface area contributed by atoms with Crippen LogP contribution in [-0.2, 0) is 9.59 Å². The Hall–Kier alpha value is -1.08. The number of alkyl halides is 6. The Bertz CT molecular complexity index is 201. The first-order valence-electron chi connectivity index (χ1n) is 2.54. The fourth-order valence-electron chi connectivity index (χ4n) is 0.325. The second-order valence-corrected chi connectivity index (χ2v) is 1.93. The summed E-state index contributed by atoms with van der Waals surface area (Å²) < 4.78 is 71.0. The molecule has 0 aromatic rings. The van der Waals surface area contributed by atoms with Gasteiger partial charge in [0.15, 0.2) is 0 Å². The van der Waals surface area contributed by atoms with Gasteiger partial charge in [-0.2, -0.15) is 26.3 Å². The summed E-state index contributed by atoms with van der Waals surface area (Å²) in [5.41, 5.74) is 0. The van der Waals surface area contributed by atoms with Crippen molar-refractivity contribution >= 4 is 12.6 Å². The molecular formula is C5F6O2. The van der Waals surface area contributed by atoms with Gasteiger partial charge in [-0.25, -0.2) is 0 Å². The molecule has 0 spiro atoms. The van der Waals surface area contributed by atoms with E-state index >= 15 is 0 Å². The predicted molar refractivity (Wildman–Crippen MR) is 26.2 cm³/mol. The van der Waals surface area contributed by atoms with E-state index in [1.54, 1.807) is 0 Å². The lowest BCUT2D eigenvalue weighted by Crippen LogP contribution is -2.55. The first-order valence-corrected chi connectivity index (χ1v) is 2.54. The quantitative estimate of drug-likeness (QED) is 0.645. The van der Waals surface area contributed by atoms with Gasteiger partial charge in [0.2, 0.25) is 0 Å². The minimum absolute atomic E-state index is 0.570. The monoisotopic (exact) mass is 206 g/mol. The van der Waals surface area contributed by atoms with Gasteiger partial charge in [-0.1, -0.05) is 0 Å². The van der Waals surface area contributed by atoms with Crippen molar-refractivity contribution in [1.29, 1.82) is 0 Å². The summed E-state index contributed by atoms with van der Waals surface area (Å²) >= 11 is 0. The number of rotatable bonds is 4. The van der Waals surface area contributed by atoms with Gasteiger partial charge >= 0.3 is 17.8 Å². The summed E-state index contributed by atoms with van der Waals surface area (Å²) in [5, 5.41) is 0. The van der Waals surface area contributed by atoms with Gasteiger partial charge < -0.3 is 0 Å². The van der Waals surface area contributed by atoms with E-state index in [2.05, 4.69) is 0 Å². The second-order valence-electron chi connectivity index (χ2n) is 1.93. The van der Waals surface area contributed by atoms with E-state index in [0.717, 1.165) is 0 Å². The van der Waals surface area contributed by atoms with Crippen LogP contribution in [0.1, 0.15) is 0 Å². The summed E-state index contributed by atoms with van der Waals surface area (Å²) in [6.45, 7) is 0. The van der Waals surface area contributed by atoms with E-state index < -0.39 is 30.3 Å². The van der Waals surface area contributed by atoms with Crippen molar-refractivity contribution in [1.82, 2.24) is 0 Å². The van der Waals surface area contributed by atoms with Crippen molar-refractivity contribution < 1.29 is 35.9 Å². The molecule has 0 rings (SSSR count). The van der Waals surface area contributed by atoms with Gasteiger partial charge in [0, 0.05) is 0 Å². The third-order valence-corrected chi connectivity index (χ3v) is 1.05. The molecule has 0 heterocycles. The SMILES string of the molecule is O=[C]C(F)(F)C(F)(F)C(F)(F)[C]=O. The average molecular weight is 206 g/mol. The Morgan fingerprint density at radius 2 is 0.923 bits per heavy atom. The number of carbonyl (C=O) groups excluding carboxylic acids is 2. The lowest BCUT2D eigenvalue weighted by molar-refractivity contribution is -0.256. The molecule has 74 valence electrons. The van der Waals surface area contributed by atoms with Crippen molar-refractivity contribution in [3.63, 3.8) is 0 Å². The molecule has 2 radical (unpaired) electrons. The fraction of sp³-hybridized carbons (Fsp3) is 0.600. The Balaban J connectivity index is 5.18. The lowest BCUT2D eigenvalue weighted by atomic mass is 10.1. The minimum atomic E-state index is -6.12. The molecule has 0 aromatic heterocycles. The highest BCUT2D eigenvalue weighted by atomic mass is 19.3. The number of halogens is 6. The van der Waals surface area contributed by atoms with Crippen LogP contribution in [0.4, 0.5) is 26.3 Å². The van der Waals surface area contributed by atoms with Crippen molar-refractivity contribution in [2.45, 2.75) is 17.8 Å². The smallest absolute Gasteiger partial charge is 0.283 e. The van der Waals surface area contributed by atoms with Crippen LogP contribution >= 0.6 is 0 Å². The molecule has 0 aromatic carbocycles. The topological polar surface area (TPSA) is 34.1 Å². The maximum absolute atomic E-state index is 12.0. The van der Waals surface area contributed by atoms with E-state index in [0.29, 0.717) is 0 Å². The molecule has 0 bridgehead atoms. The highest BCUT2D eigenvalue weighted by Crippen LogP contribution is 2.43. The zero-order chi connectivity index (χ0) is 10.9. The Labute approximate surface area is 67.5 Å². The summed E-state index contributed by atoms with van der Waals surface area (Å²) in [7, 11) is 0. The predicted octanol–water partition coefficient (Wildman–Crippen LogP) is 1.11. The first-order chi connectivity index (χ1) is 5.62.